The Hall–Kier alpha value is -0.940. The molecular formula is C13H17BrN2O2. The van der Waals surface area contributed by atoms with Gasteiger partial charge in [-0.1, -0.05) is 26.0 Å². The Kier molecular flexibility index (Phi) is 3.73. The second kappa shape index (κ2) is 4.97. The lowest BCUT2D eigenvalue weighted by Crippen LogP contribution is -2.23. The molecule has 1 saturated heterocycles. The number of hydrogen-bond donors (Lipinski definition) is 0. The third-order valence-corrected chi connectivity index (χ3v) is 4.32. The van der Waals surface area contributed by atoms with E-state index < -0.39 is 0 Å². The molecule has 0 aromatic heterocycles. The van der Waals surface area contributed by atoms with Gasteiger partial charge in [0.15, 0.2) is 0 Å². The minimum atomic E-state index is -0.346. The quantitative estimate of drug-likeness (QED) is 0.633. The van der Waals surface area contributed by atoms with E-state index in [2.05, 4.69) is 34.7 Å². The van der Waals surface area contributed by atoms with Crippen molar-refractivity contribution in [3.63, 3.8) is 0 Å². The predicted octanol–water partition coefficient (Wildman–Crippen LogP) is 3.59. The van der Waals surface area contributed by atoms with Crippen LogP contribution in [0.3, 0.4) is 0 Å². The highest BCUT2D eigenvalue weighted by Crippen LogP contribution is 2.33. The summed E-state index contributed by atoms with van der Waals surface area (Å²) in [6, 6.07) is 5.23. The van der Waals surface area contributed by atoms with Gasteiger partial charge >= 0.3 is 0 Å². The van der Waals surface area contributed by atoms with E-state index in [1.165, 1.54) is 12.5 Å². The van der Waals surface area contributed by atoms with E-state index in [0.717, 1.165) is 25.2 Å². The van der Waals surface area contributed by atoms with Crippen molar-refractivity contribution in [1.82, 2.24) is 4.90 Å². The lowest BCUT2D eigenvalue weighted by molar-refractivity contribution is -0.385. The van der Waals surface area contributed by atoms with Crippen LogP contribution in [0.15, 0.2) is 22.7 Å². The van der Waals surface area contributed by atoms with Crippen molar-refractivity contribution in [3.8, 4) is 0 Å². The first kappa shape index (κ1) is 13.5. The average Bonchev–Trinajstić information content (AvgIpc) is 2.61. The van der Waals surface area contributed by atoms with Crippen LogP contribution in [0.2, 0.25) is 0 Å². The number of halogens is 1. The molecule has 0 N–H and O–H groups in total. The van der Waals surface area contributed by atoms with Gasteiger partial charge in [0.25, 0.3) is 5.69 Å². The highest BCUT2D eigenvalue weighted by Gasteiger charge is 2.29. The fraction of sp³-hybridized carbons (Fsp3) is 0.538. The molecule has 1 aliphatic heterocycles. The number of rotatable bonds is 3. The van der Waals surface area contributed by atoms with Crippen molar-refractivity contribution >= 4 is 21.6 Å². The van der Waals surface area contributed by atoms with E-state index in [-0.39, 0.29) is 10.6 Å². The van der Waals surface area contributed by atoms with Gasteiger partial charge in [-0.2, -0.15) is 0 Å². The fourth-order valence-electron chi connectivity index (χ4n) is 2.43. The molecule has 1 aromatic rings. The van der Waals surface area contributed by atoms with Crippen molar-refractivity contribution in [1.29, 1.82) is 0 Å². The maximum Gasteiger partial charge on any atom is 0.283 e. The zero-order chi connectivity index (χ0) is 13.3. The molecule has 1 aromatic carbocycles. The summed E-state index contributed by atoms with van der Waals surface area (Å²) >= 11 is 3.35. The molecule has 0 saturated carbocycles. The van der Waals surface area contributed by atoms with Crippen LogP contribution in [-0.2, 0) is 6.54 Å². The van der Waals surface area contributed by atoms with Gasteiger partial charge in [-0.15, -0.1) is 0 Å². The maximum atomic E-state index is 10.9. The van der Waals surface area contributed by atoms with E-state index in [1.807, 2.05) is 6.07 Å². The van der Waals surface area contributed by atoms with E-state index in [9.17, 15) is 10.1 Å². The molecule has 0 amide bonds. The van der Waals surface area contributed by atoms with Gasteiger partial charge in [0.1, 0.15) is 0 Å². The molecule has 98 valence electrons. The van der Waals surface area contributed by atoms with E-state index in [1.54, 1.807) is 6.07 Å². The molecule has 18 heavy (non-hydrogen) atoms. The van der Waals surface area contributed by atoms with Crippen LogP contribution >= 0.6 is 15.9 Å². The van der Waals surface area contributed by atoms with Crippen LogP contribution in [0, 0.1) is 15.5 Å². The lowest BCUT2D eigenvalue weighted by Gasteiger charge is -2.20. The zero-order valence-corrected chi connectivity index (χ0v) is 12.2. The second-order valence-electron chi connectivity index (χ2n) is 5.63. The third-order valence-electron chi connectivity index (χ3n) is 3.41. The molecule has 0 bridgehead atoms. The topological polar surface area (TPSA) is 46.4 Å². The highest BCUT2D eigenvalue weighted by atomic mass is 79.9. The molecule has 0 radical (unpaired) electrons. The van der Waals surface area contributed by atoms with Crippen LogP contribution in [-0.4, -0.2) is 22.9 Å². The largest absolute Gasteiger partial charge is 0.298 e. The first-order valence-corrected chi connectivity index (χ1v) is 6.82. The Bertz CT molecular complexity index is 474. The molecule has 4 nitrogen and oxygen atoms in total. The smallest absolute Gasteiger partial charge is 0.283 e. The summed E-state index contributed by atoms with van der Waals surface area (Å²) in [4.78, 5) is 12.9. The zero-order valence-electron chi connectivity index (χ0n) is 10.6. The van der Waals surface area contributed by atoms with Crippen molar-refractivity contribution in [2.24, 2.45) is 5.41 Å². The van der Waals surface area contributed by atoms with E-state index in [4.69, 9.17) is 0 Å². The number of benzene rings is 1. The van der Waals surface area contributed by atoms with Gasteiger partial charge in [0.2, 0.25) is 0 Å². The Labute approximate surface area is 115 Å². The normalized spacial score (nSPS) is 19.1. The van der Waals surface area contributed by atoms with Gasteiger partial charge in [0.05, 0.1) is 9.40 Å². The minimum absolute atomic E-state index is 0.144. The average molecular weight is 313 g/mol. The van der Waals surface area contributed by atoms with Gasteiger partial charge in [-0.25, -0.2) is 0 Å². The lowest BCUT2D eigenvalue weighted by atomic mass is 9.93. The summed E-state index contributed by atoms with van der Waals surface area (Å²) in [7, 11) is 0. The number of nitro groups is 1. The monoisotopic (exact) mass is 312 g/mol. The van der Waals surface area contributed by atoms with Gasteiger partial charge < -0.3 is 0 Å². The van der Waals surface area contributed by atoms with E-state index >= 15 is 0 Å². The number of nitro benzene ring substituents is 1. The Morgan fingerprint density at radius 2 is 2.22 bits per heavy atom. The summed E-state index contributed by atoms with van der Waals surface area (Å²) in [5.74, 6) is 0. The van der Waals surface area contributed by atoms with Gasteiger partial charge in [0, 0.05) is 19.2 Å². The number of hydrogen-bond acceptors (Lipinski definition) is 3. The fourth-order valence-corrected chi connectivity index (χ4v) is 2.96. The molecule has 1 fully saturated rings. The Balaban J connectivity index is 2.15. The van der Waals surface area contributed by atoms with Crippen molar-refractivity contribution < 1.29 is 4.92 Å². The summed E-state index contributed by atoms with van der Waals surface area (Å²) in [6.45, 7) is 7.39. The predicted molar refractivity (Wildman–Crippen MR) is 74.5 cm³/mol. The van der Waals surface area contributed by atoms with Gasteiger partial charge in [-0.3, -0.25) is 15.0 Å². The molecule has 2 rings (SSSR count). The summed E-state index contributed by atoms with van der Waals surface area (Å²) in [5.41, 5.74) is 1.49. The first-order valence-electron chi connectivity index (χ1n) is 6.03. The number of nitrogens with zero attached hydrogens (tertiary/aromatic N) is 2. The maximum absolute atomic E-state index is 10.9. The van der Waals surface area contributed by atoms with Crippen LogP contribution in [0.25, 0.3) is 0 Å². The third kappa shape index (κ3) is 2.90. The summed E-state index contributed by atoms with van der Waals surface area (Å²) in [5, 5.41) is 10.9. The van der Waals surface area contributed by atoms with Gasteiger partial charge in [-0.05, 0) is 39.9 Å². The van der Waals surface area contributed by atoms with Crippen LogP contribution in [0.4, 0.5) is 5.69 Å². The van der Waals surface area contributed by atoms with Crippen molar-refractivity contribution in [3.05, 3.63) is 38.3 Å². The Morgan fingerprint density at radius 1 is 1.50 bits per heavy atom. The molecule has 0 atom stereocenters. The standard InChI is InChI=1S/C13H17BrN2O2/c1-13(2)6-7-15(9-13)8-10-4-3-5-11(12(10)14)16(17)18/h3-5H,6-9H2,1-2H3. The second-order valence-corrected chi connectivity index (χ2v) is 6.43. The summed E-state index contributed by atoms with van der Waals surface area (Å²) < 4.78 is 0.611. The van der Waals surface area contributed by atoms with Crippen LogP contribution < -0.4 is 0 Å². The van der Waals surface area contributed by atoms with Crippen LogP contribution in [0.5, 0.6) is 0 Å². The number of likely N-dealkylation sites (tertiary alicyclic amines) is 1. The first-order chi connectivity index (χ1) is 8.39. The Morgan fingerprint density at radius 3 is 2.78 bits per heavy atom. The van der Waals surface area contributed by atoms with E-state index in [0.29, 0.717) is 9.89 Å². The molecule has 0 unspecified atom stereocenters. The molecular weight excluding hydrogens is 296 g/mol. The van der Waals surface area contributed by atoms with Crippen molar-refractivity contribution in [2.75, 3.05) is 13.1 Å². The molecule has 1 aliphatic rings. The van der Waals surface area contributed by atoms with Crippen molar-refractivity contribution in [2.45, 2.75) is 26.8 Å². The minimum Gasteiger partial charge on any atom is -0.298 e. The molecule has 0 aliphatic carbocycles. The summed E-state index contributed by atoms with van der Waals surface area (Å²) in [6.07, 6.45) is 1.18. The SMILES string of the molecule is CC1(C)CCN(Cc2cccc([N+](=O)[O-])c2Br)C1. The highest BCUT2D eigenvalue weighted by molar-refractivity contribution is 9.10. The molecule has 0 spiro atoms. The molecule has 5 heteroatoms. The molecule has 1 heterocycles. The van der Waals surface area contributed by atoms with Crippen LogP contribution in [0.1, 0.15) is 25.8 Å².